The van der Waals surface area contributed by atoms with Crippen LogP contribution >= 0.6 is 11.3 Å². The van der Waals surface area contributed by atoms with Crippen LogP contribution in [-0.4, -0.2) is 17.8 Å². The Morgan fingerprint density at radius 2 is 1.88 bits per heavy atom. The molecule has 0 saturated carbocycles. The molecule has 0 unspecified atom stereocenters. The molecule has 0 radical (unpaired) electrons. The molecule has 1 heterocycles. The van der Waals surface area contributed by atoms with Crippen molar-refractivity contribution in [2.45, 2.75) is 25.5 Å². The Hall–Kier alpha value is -2.67. The maximum absolute atomic E-state index is 12.2. The number of esters is 1. The fourth-order valence-corrected chi connectivity index (χ4v) is 3.00. The molecular formula is C17H18N2O4S. The van der Waals surface area contributed by atoms with Crippen LogP contribution in [0, 0.1) is 0 Å². The average molecular weight is 346 g/mol. The average Bonchev–Trinajstić information content (AvgIpc) is 3.06. The highest BCUT2D eigenvalue weighted by Crippen LogP contribution is 2.24. The van der Waals surface area contributed by atoms with Gasteiger partial charge < -0.3 is 15.8 Å². The molecule has 2 atom stereocenters. The lowest BCUT2D eigenvalue weighted by Gasteiger charge is -2.19. The van der Waals surface area contributed by atoms with Crippen LogP contribution in [0.15, 0.2) is 47.8 Å². The molecule has 0 aliphatic rings. The minimum atomic E-state index is -1.15. The molecule has 3 N–H and O–H groups in total. The predicted molar refractivity (Wildman–Crippen MR) is 90.0 cm³/mol. The molecule has 0 aliphatic heterocycles. The van der Waals surface area contributed by atoms with Gasteiger partial charge in [-0.1, -0.05) is 36.4 Å². The van der Waals surface area contributed by atoms with E-state index < -0.39 is 24.0 Å². The van der Waals surface area contributed by atoms with Gasteiger partial charge in [-0.2, -0.15) is 0 Å². The molecule has 126 valence electrons. The molecule has 1 aromatic heterocycles. The summed E-state index contributed by atoms with van der Waals surface area (Å²) >= 11 is 1.42. The van der Waals surface area contributed by atoms with E-state index in [2.05, 4.69) is 5.32 Å². The quantitative estimate of drug-likeness (QED) is 0.750. The first-order chi connectivity index (χ1) is 11.5. The van der Waals surface area contributed by atoms with Crippen LogP contribution in [0.5, 0.6) is 0 Å². The SMILES string of the molecule is CC(=O)N[C@H](CC(=O)O[C@@H](C(N)=O)c1ccccc1)c1cccs1. The first-order valence-corrected chi connectivity index (χ1v) is 8.19. The predicted octanol–water partition coefficient (Wildman–Crippen LogP) is 2.09. The lowest BCUT2D eigenvalue weighted by atomic mass is 10.1. The summed E-state index contributed by atoms with van der Waals surface area (Å²) in [6.07, 6.45) is -1.24. The molecule has 0 aliphatic carbocycles. The summed E-state index contributed by atoms with van der Waals surface area (Å²) in [4.78, 5) is 36.0. The van der Waals surface area contributed by atoms with Crippen molar-refractivity contribution in [1.29, 1.82) is 0 Å². The number of hydrogen-bond acceptors (Lipinski definition) is 5. The molecular weight excluding hydrogens is 328 g/mol. The third-order valence-corrected chi connectivity index (χ3v) is 4.23. The fraction of sp³-hybridized carbons (Fsp3) is 0.235. The summed E-state index contributed by atoms with van der Waals surface area (Å²) in [5.41, 5.74) is 5.84. The van der Waals surface area contributed by atoms with Gasteiger partial charge in [-0.25, -0.2) is 0 Å². The number of rotatable bonds is 7. The Labute approximate surface area is 143 Å². The van der Waals surface area contributed by atoms with E-state index in [1.54, 1.807) is 30.3 Å². The van der Waals surface area contributed by atoms with E-state index in [0.29, 0.717) is 5.56 Å². The molecule has 2 aromatic rings. The largest absolute Gasteiger partial charge is 0.447 e. The third kappa shape index (κ3) is 4.92. The summed E-state index contributed by atoms with van der Waals surface area (Å²) in [5.74, 6) is -1.62. The van der Waals surface area contributed by atoms with Gasteiger partial charge in [0, 0.05) is 17.4 Å². The zero-order valence-corrected chi connectivity index (χ0v) is 13.9. The van der Waals surface area contributed by atoms with E-state index in [1.807, 2.05) is 17.5 Å². The number of primary amides is 1. The van der Waals surface area contributed by atoms with Crippen molar-refractivity contribution >= 4 is 29.1 Å². The van der Waals surface area contributed by atoms with Gasteiger partial charge in [0.1, 0.15) is 0 Å². The van der Waals surface area contributed by atoms with Crippen molar-refractivity contribution in [3.8, 4) is 0 Å². The number of nitrogens with one attached hydrogen (secondary N) is 1. The third-order valence-electron chi connectivity index (χ3n) is 3.24. The van der Waals surface area contributed by atoms with Crippen LogP contribution in [0.25, 0.3) is 0 Å². The minimum absolute atomic E-state index is 0.0866. The monoisotopic (exact) mass is 346 g/mol. The van der Waals surface area contributed by atoms with Gasteiger partial charge >= 0.3 is 5.97 Å². The molecule has 2 amide bonds. The Morgan fingerprint density at radius 1 is 1.17 bits per heavy atom. The Morgan fingerprint density at radius 3 is 2.42 bits per heavy atom. The summed E-state index contributed by atoms with van der Waals surface area (Å²) in [6, 6.07) is 11.7. The van der Waals surface area contributed by atoms with E-state index in [9.17, 15) is 14.4 Å². The smallest absolute Gasteiger partial charge is 0.309 e. The van der Waals surface area contributed by atoms with Crippen molar-refractivity contribution < 1.29 is 19.1 Å². The number of benzene rings is 1. The van der Waals surface area contributed by atoms with Gasteiger partial charge in [0.15, 0.2) is 0 Å². The van der Waals surface area contributed by atoms with Crippen molar-refractivity contribution in [3.63, 3.8) is 0 Å². The number of carbonyl (C=O) groups is 3. The van der Waals surface area contributed by atoms with E-state index in [0.717, 1.165) is 4.88 Å². The molecule has 24 heavy (non-hydrogen) atoms. The topological polar surface area (TPSA) is 98.5 Å². The number of amides is 2. The zero-order chi connectivity index (χ0) is 17.5. The Balaban J connectivity index is 2.09. The van der Waals surface area contributed by atoms with Gasteiger partial charge in [-0.3, -0.25) is 14.4 Å². The van der Waals surface area contributed by atoms with E-state index in [1.165, 1.54) is 18.3 Å². The Bertz CT molecular complexity index is 701. The highest BCUT2D eigenvalue weighted by molar-refractivity contribution is 7.10. The zero-order valence-electron chi connectivity index (χ0n) is 13.1. The standard InChI is InChI=1S/C17H18N2O4S/c1-11(20)19-13(14-8-5-9-24-14)10-15(21)23-16(17(18)22)12-6-3-2-4-7-12/h2-9,13,16H,10H2,1H3,(H2,18,22)(H,19,20)/t13-,16-/m1/s1. The van der Waals surface area contributed by atoms with Crippen LogP contribution in [0.2, 0.25) is 0 Å². The second-order valence-corrected chi connectivity index (χ2v) is 6.13. The lowest BCUT2D eigenvalue weighted by molar-refractivity contribution is -0.156. The summed E-state index contributed by atoms with van der Waals surface area (Å²) in [7, 11) is 0. The summed E-state index contributed by atoms with van der Waals surface area (Å²) in [6.45, 7) is 1.38. The highest BCUT2D eigenvalue weighted by Gasteiger charge is 2.25. The number of ether oxygens (including phenoxy) is 1. The maximum atomic E-state index is 12.2. The molecule has 7 heteroatoms. The first-order valence-electron chi connectivity index (χ1n) is 7.31. The van der Waals surface area contributed by atoms with E-state index in [4.69, 9.17) is 10.5 Å². The van der Waals surface area contributed by atoms with Crippen molar-refractivity contribution in [2.24, 2.45) is 5.73 Å². The van der Waals surface area contributed by atoms with Crippen LogP contribution in [0.1, 0.15) is 35.9 Å². The molecule has 0 fully saturated rings. The molecule has 1 aromatic carbocycles. The van der Waals surface area contributed by atoms with Gasteiger partial charge in [0.25, 0.3) is 5.91 Å². The molecule has 0 spiro atoms. The summed E-state index contributed by atoms with van der Waals surface area (Å²) in [5, 5.41) is 4.56. The lowest BCUT2D eigenvalue weighted by Crippen LogP contribution is -2.30. The summed E-state index contributed by atoms with van der Waals surface area (Å²) < 4.78 is 5.25. The van der Waals surface area contributed by atoms with Gasteiger partial charge in [-0.05, 0) is 11.4 Å². The first kappa shape index (κ1) is 17.7. The molecule has 2 rings (SSSR count). The van der Waals surface area contributed by atoms with Crippen molar-refractivity contribution in [3.05, 3.63) is 58.3 Å². The van der Waals surface area contributed by atoms with Crippen LogP contribution in [-0.2, 0) is 19.1 Å². The fourth-order valence-electron chi connectivity index (χ4n) is 2.22. The maximum Gasteiger partial charge on any atom is 0.309 e. The van der Waals surface area contributed by atoms with Crippen LogP contribution in [0.4, 0.5) is 0 Å². The van der Waals surface area contributed by atoms with Gasteiger partial charge in [0.2, 0.25) is 12.0 Å². The van der Waals surface area contributed by atoms with Crippen molar-refractivity contribution in [2.75, 3.05) is 0 Å². The number of hydrogen-bond donors (Lipinski definition) is 2. The number of thiophene rings is 1. The normalized spacial score (nSPS) is 12.9. The van der Waals surface area contributed by atoms with Crippen LogP contribution in [0.3, 0.4) is 0 Å². The van der Waals surface area contributed by atoms with Crippen molar-refractivity contribution in [1.82, 2.24) is 5.32 Å². The molecule has 6 nitrogen and oxygen atoms in total. The van der Waals surface area contributed by atoms with E-state index in [-0.39, 0.29) is 12.3 Å². The molecule has 0 bridgehead atoms. The van der Waals surface area contributed by atoms with E-state index >= 15 is 0 Å². The minimum Gasteiger partial charge on any atom is -0.447 e. The second-order valence-electron chi connectivity index (χ2n) is 5.16. The molecule has 0 saturated heterocycles. The number of carbonyl (C=O) groups excluding carboxylic acids is 3. The van der Waals surface area contributed by atoms with Crippen LogP contribution < -0.4 is 11.1 Å². The van der Waals surface area contributed by atoms with Gasteiger partial charge in [-0.15, -0.1) is 11.3 Å². The Kier molecular flexibility index (Phi) is 6.08. The highest BCUT2D eigenvalue weighted by atomic mass is 32.1. The second kappa shape index (κ2) is 8.26. The number of nitrogens with two attached hydrogens (primary N) is 1. The van der Waals surface area contributed by atoms with Gasteiger partial charge in [0.05, 0.1) is 12.5 Å².